The maximum absolute atomic E-state index is 5.88. The first-order valence-electron chi connectivity index (χ1n) is 9.97. The first kappa shape index (κ1) is 65.1. The van der Waals surface area contributed by atoms with E-state index in [1.807, 2.05) is 62.3 Å². The fourth-order valence-electron chi connectivity index (χ4n) is 1.95. The first-order valence-corrected chi connectivity index (χ1v) is 9.97. The van der Waals surface area contributed by atoms with Crippen molar-refractivity contribution < 1.29 is 28.4 Å². The van der Waals surface area contributed by atoms with Gasteiger partial charge < -0.3 is 28.4 Å². The van der Waals surface area contributed by atoms with Crippen LogP contribution in [0.1, 0.15) is 129 Å². The van der Waals surface area contributed by atoms with Crippen molar-refractivity contribution in [2.75, 3.05) is 52.9 Å². The Morgan fingerprint density at radius 3 is 0.889 bits per heavy atom. The lowest BCUT2D eigenvalue weighted by Crippen LogP contribution is -2.31. The lowest BCUT2D eigenvalue weighted by atomic mass is 10.2. The molecule has 0 aliphatic rings. The van der Waals surface area contributed by atoms with Gasteiger partial charge in [0.2, 0.25) is 0 Å². The highest BCUT2D eigenvalue weighted by molar-refractivity contribution is 4.61. The van der Waals surface area contributed by atoms with Gasteiger partial charge in [0, 0.05) is 0 Å². The summed E-state index contributed by atoms with van der Waals surface area (Å²) in [5, 5.41) is 0. The van der Waals surface area contributed by atoms with Gasteiger partial charge in [-0.05, 0) is 62.3 Å². The van der Waals surface area contributed by atoms with Crippen molar-refractivity contribution >= 4 is 0 Å². The Morgan fingerprint density at radius 2 is 0.639 bits per heavy atom. The van der Waals surface area contributed by atoms with E-state index in [4.69, 9.17) is 28.4 Å². The third kappa shape index (κ3) is 54.6. The van der Waals surface area contributed by atoms with E-state index in [0.29, 0.717) is 52.9 Å². The van der Waals surface area contributed by atoms with Gasteiger partial charge in [0.05, 0.1) is 69.7 Å². The van der Waals surface area contributed by atoms with Gasteiger partial charge >= 0.3 is 0 Å². The van der Waals surface area contributed by atoms with Crippen LogP contribution in [-0.4, -0.2) is 75.8 Å². The molecule has 0 bridgehead atoms. The van der Waals surface area contributed by atoms with Gasteiger partial charge in [-0.1, -0.05) is 66.8 Å². The minimum atomic E-state index is -0.166. The van der Waals surface area contributed by atoms with Gasteiger partial charge in [0.15, 0.2) is 0 Å². The zero-order valence-electron chi connectivity index (χ0n) is 19.2. The van der Waals surface area contributed by atoms with Crippen molar-refractivity contribution in [3.05, 3.63) is 0 Å². The molecular formula is C30H80O6. The number of rotatable bonds is 14. The Morgan fingerprint density at radius 1 is 0.389 bits per heavy atom. The van der Waals surface area contributed by atoms with Gasteiger partial charge in [-0.15, -0.1) is 0 Å². The molecule has 36 heavy (non-hydrogen) atoms. The Bertz CT molecular complexity index is 330. The Kier molecular flexibility index (Phi) is 59.3. The molecule has 0 N–H and O–H groups in total. The summed E-state index contributed by atoms with van der Waals surface area (Å²) in [6, 6.07) is 0. The van der Waals surface area contributed by atoms with Gasteiger partial charge in [-0.25, -0.2) is 0 Å². The summed E-state index contributed by atoms with van der Waals surface area (Å²) < 4.78 is 34.3. The van der Waals surface area contributed by atoms with Crippen LogP contribution in [0.2, 0.25) is 0 Å². The fraction of sp³-hybridized carbons (Fsp3) is 1.00. The molecule has 0 aromatic rings. The monoisotopic (exact) mass is 537 g/mol. The summed E-state index contributed by atoms with van der Waals surface area (Å²) in [7, 11) is 0. The normalized spacial score (nSPS) is 10.2. The SMILES string of the molecule is C.C.C.C.C.C.C.C.C.CC(C)(C)OCCOCC(COCCOC(C)(C)C)OCCOC(C)(C)C. The van der Waals surface area contributed by atoms with E-state index >= 15 is 0 Å². The summed E-state index contributed by atoms with van der Waals surface area (Å²) in [5.41, 5.74) is -0.472. The molecule has 0 unspecified atom stereocenters. The van der Waals surface area contributed by atoms with E-state index in [-0.39, 0.29) is 89.7 Å². The number of hydrogen-bond acceptors (Lipinski definition) is 6. The van der Waals surface area contributed by atoms with Crippen molar-refractivity contribution in [3.63, 3.8) is 0 Å². The third-order valence-corrected chi connectivity index (χ3v) is 3.10. The molecule has 0 radical (unpaired) electrons. The number of ether oxygens (including phenoxy) is 6. The standard InChI is InChI=1S/C21H44O6.9CH4/c1-19(2,3)25-13-10-22-16-18(24-12-15-27-21(7,8)9)17-23-11-14-26-20(4,5)6;;;;;;;;;/h18H,10-17H2,1-9H3;9*1H4. The van der Waals surface area contributed by atoms with Crippen molar-refractivity contribution in [2.24, 2.45) is 0 Å². The van der Waals surface area contributed by atoms with Crippen LogP contribution in [0.3, 0.4) is 0 Å². The smallest absolute Gasteiger partial charge is 0.104 e. The Balaban J connectivity index is -0.0000000939. The van der Waals surface area contributed by atoms with Gasteiger partial charge in [-0.3, -0.25) is 0 Å². The predicted octanol–water partition coefficient (Wildman–Crippen LogP) is 9.58. The molecule has 236 valence electrons. The van der Waals surface area contributed by atoms with Crippen LogP contribution in [0, 0.1) is 0 Å². The highest BCUT2D eigenvalue weighted by atomic mass is 16.6. The van der Waals surface area contributed by atoms with E-state index in [1.54, 1.807) is 0 Å². The molecule has 0 spiro atoms. The molecule has 0 atom stereocenters. The van der Waals surface area contributed by atoms with Crippen LogP contribution in [0.25, 0.3) is 0 Å². The zero-order valence-corrected chi connectivity index (χ0v) is 19.2. The summed E-state index contributed by atoms with van der Waals surface area (Å²) in [6.07, 6.45) is -0.141. The van der Waals surface area contributed by atoms with Crippen LogP contribution in [0.5, 0.6) is 0 Å². The van der Waals surface area contributed by atoms with Crippen molar-refractivity contribution in [1.82, 2.24) is 0 Å². The van der Waals surface area contributed by atoms with Crippen molar-refractivity contribution in [3.8, 4) is 0 Å². The Labute approximate surface area is 233 Å². The van der Waals surface area contributed by atoms with Crippen LogP contribution < -0.4 is 0 Å². The van der Waals surface area contributed by atoms with E-state index in [2.05, 4.69) is 0 Å². The molecule has 0 heterocycles. The summed E-state index contributed by atoms with van der Waals surface area (Å²) >= 11 is 0. The minimum Gasteiger partial charge on any atom is -0.376 e. The lowest BCUT2D eigenvalue weighted by molar-refractivity contribution is -0.106. The molecule has 0 aromatic carbocycles. The molecule has 0 saturated heterocycles. The molecule has 6 heteroatoms. The van der Waals surface area contributed by atoms with Crippen LogP contribution in [0.4, 0.5) is 0 Å². The summed E-state index contributed by atoms with van der Waals surface area (Å²) in [4.78, 5) is 0. The molecule has 0 aliphatic heterocycles. The average Bonchev–Trinajstić information content (AvgIpc) is 2.46. The molecular weight excluding hydrogens is 456 g/mol. The van der Waals surface area contributed by atoms with Gasteiger partial charge in [0.25, 0.3) is 0 Å². The van der Waals surface area contributed by atoms with Crippen molar-refractivity contribution in [1.29, 1.82) is 0 Å². The topological polar surface area (TPSA) is 55.4 Å². The molecule has 0 rings (SSSR count). The molecule has 0 aromatic heterocycles. The number of hydrogen-bond donors (Lipinski definition) is 0. The molecule has 0 aliphatic carbocycles. The van der Waals surface area contributed by atoms with Crippen LogP contribution in [0.15, 0.2) is 0 Å². The second-order valence-electron chi connectivity index (χ2n) is 9.53. The third-order valence-electron chi connectivity index (χ3n) is 3.10. The highest BCUT2D eigenvalue weighted by Crippen LogP contribution is 2.08. The molecule has 0 amide bonds. The van der Waals surface area contributed by atoms with Gasteiger partial charge in [-0.2, -0.15) is 0 Å². The Hall–Kier alpha value is -0.240. The van der Waals surface area contributed by atoms with Gasteiger partial charge in [0.1, 0.15) is 6.10 Å². The summed E-state index contributed by atoms with van der Waals surface area (Å²) in [5.74, 6) is 0. The quantitative estimate of drug-likeness (QED) is 0.206. The van der Waals surface area contributed by atoms with E-state index in [1.165, 1.54) is 0 Å². The van der Waals surface area contributed by atoms with Crippen LogP contribution in [-0.2, 0) is 28.4 Å². The molecule has 0 fully saturated rings. The zero-order chi connectivity index (χ0) is 21.0. The highest BCUT2D eigenvalue weighted by Gasteiger charge is 2.15. The molecule has 6 nitrogen and oxygen atoms in total. The average molecular weight is 537 g/mol. The minimum absolute atomic E-state index is 0. The maximum atomic E-state index is 5.88. The van der Waals surface area contributed by atoms with Crippen molar-refractivity contribution in [2.45, 2.75) is 152 Å². The largest absolute Gasteiger partial charge is 0.376 e. The maximum Gasteiger partial charge on any atom is 0.104 e. The van der Waals surface area contributed by atoms with E-state index in [9.17, 15) is 0 Å². The lowest BCUT2D eigenvalue weighted by Gasteiger charge is -2.23. The van der Waals surface area contributed by atoms with Crippen LogP contribution >= 0.6 is 0 Å². The molecule has 0 saturated carbocycles. The predicted molar refractivity (Wildman–Crippen MR) is 169 cm³/mol. The fourth-order valence-corrected chi connectivity index (χ4v) is 1.95. The van der Waals surface area contributed by atoms with E-state index < -0.39 is 0 Å². The first-order chi connectivity index (χ1) is 12.3. The van der Waals surface area contributed by atoms with E-state index in [0.717, 1.165) is 0 Å². The second-order valence-corrected chi connectivity index (χ2v) is 9.53. The summed E-state index contributed by atoms with van der Waals surface area (Å²) in [6.45, 7) is 22.4. The second kappa shape index (κ2) is 32.8.